The smallest absolute Gasteiger partial charge is 0.159 e. The number of aliphatic imine (C=N–C) groups is 2. The summed E-state index contributed by atoms with van der Waals surface area (Å²) in [6.45, 7) is 0. The van der Waals surface area contributed by atoms with Crippen LogP contribution in [0.3, 0.4) is 0 Å². The first-order valence-electron chi connectivity index (χ1n) is 21.2. The third-order valence-corrected chi connectivity index (χ3v) is 14.6. The summed E-state index contributed by atoms with van der Waals surface area (Å²) in [5.41, 5.74) is 11.6. The highest BCUT2D eigenvalue weighted by Crippen LogP contribution is 2.48. The van der Waals surface area contributed by atoms with Crippen molar-refractivity contribution in [3.05, 3.63) is 217 Å². The number of rotatable bonds is 6. The number of hydrogen-bond donors (Lipinski definition) is 1. The van der Waals surface area contributed by atoms with E-state index in [2.05, 4.69) is 181 Å². The van der Waals surface area contributed by atoms with Crippen molar-refractivity contribution >= 4 is 96.6 Å². The summed E-state index contributed by atoms with van der Waals surface area (Å²) in [6.07, 6.45) is -0.452. The monoisotopic (exact) mass is 841 g/mol. The molecule has 0 fully saturated rings. The van der Waals surface area contributed by atoms with Gasteiger partial charge in [0.15, 0.2) is 5.84 Å². The lowest BCUT2D eigenvalue weighted by Gasteiger charge is -2.24. The number of nitrogens with one attached hydrogen (secondary N) is 1. The highest BCUT2D eigenvalue weighted by molar-refractivity contribution is 7.26. The van der Waals surface area contributed by atoms with Crippen LogP contribution in [0.2, 0.25) is 0 Å². The summed E-state index contributed by atoms with van der Waals surface area (Å²) in [5.74, 6) is 1.45. The second-order valence-corrected chi connectivity index (χ2v) is 18.2. The molecule has 296 valence electrons. The molecule has 0 amide bonds. The van der Waals surface area contributed by atoms with E-state index >= 15 is 0 Å². The average molecular weight is 842 g/mol. The fraction of sp³-hybridized carbons (Fsp3) is 0.0175. The molecule has 0 saturated carbocycles. The first kappa shape index (κ1) is 36.1. The summed E-state index contributed by atoms with van der Waals surface area (Å²) in [7, 11) is 0. The number of nitrogens with zero attached hydrogens (tertiary/aromatic N) is 2. The molecular weight excluding hydrogens is 807 g/mol. The minimum absolute atomic E-state index is 0.452. The van der Waals surface area contributed by atoms with Crippen molar-refractivity contribution in [2.75, 3.05) is 0 Å². The Balaban J connectivity index is 1.05. The van der Waals surface area contributed by atoms with Crippen LogP contribution in [0.1, 0.15) is 22.9 Å². The minimum Gasteiger partial charge on any atom is -0.455 e. The van der Waals surface area contributed by atoms with Gasteiger partial charge in [-0.3, -0.25) is 0 Å². The maximum Gasteiger partial charge on any atom is 0.159 e. The Bertz CT molecular complexity index is 3820. The summed E-state index contributed by atoms with van der Waals surface area (Å²) in [6, 6.07) is 71.4. The van der Waals surface area contributed by atoms with E-state index in [4.69, 9.17) is 14.4 Å². The van der Waals surface area contributed by atoms with Crippen molar-refractivity contribution in [1.29, 1.82) is 0 Å². The molecule has 63 heavy (non-hydrogen) atoms. The van der Waals surface area contributed by atoms with Gasteiger partial charge >= 0.3 is 0 Å². The van der Waals surface area contributed by atoms with Gasteiger partial charge in [-0.05, 0) is 70.3 Å². The van der Waals surface area contributed by atoms with Gasteiger partial charge in [-0.25, -0.2) is 9.98 Å². The number of furan rings is 1. The molecule has 1 aliphatic rings. The fourth-order valence-electron chi connectivity index (χ4n) is 9.48. The molecule has 1 atom stereocenters. The van der Waals surface area contributed by atoms with Crippen LogP contribution in [0, 0.1) is 0 Å². The molecule has 13 rings (SSSR count). The first-order chi connectivity index (χ1) is 31.2. The Morgan fingerprint density at radius 2 is 0.984 bits per heavy atom. The van der Waals surface area contributed by atoms with Crippen molar-refractivity contribution in [3.8, 4) is 33.4 Å². The van der Waals surface area contributed by atoms with Gasteiger partial charge in [0.25, 0.3) is 0 Å². The summed E-state index contributed by atoms with van der Waals surface area (Å²) in [5, 5.41) is 10.9. The predicted octanol–water partition coefficient (Wildman–Crippen LogP) is 15.8. The van der Waals surface area contributed by atoms with E-state index in [9.17, 15) is 0 Å². The van der Waals surface area contributed by atoms with Crippen LogP contribution >= 0.6 is 22.7 Å². The van der Waals surface area contributed by atoms with Crippen LogP contribution in [0.25, 0.3) is 95.7 Å². The number of fused-ring (bicyclic) bond motifs is 9. The van der Waals surface area contributed by atoms with Crippen molar-refractivity contribution in [1.82, 2.24) is 5.32 Å². The molecule has 0 spiro atoms. The molecule has 0 saturated heterocycles. The van der Waals surface area contributed by atoms with Gasteiger partial charge in [0.2, 0.25) is 0 Å². The normalized spacial score (nSPS) is 14.2. The topological polar surface area (TPSA) is 49.9 Å². The number of thiophene rings is 2. The predicted molar refractivity (Wildman–Crippen MR) is 268 cm³/mol. The summed E-state index contributed by atoms with van der Waals surface area (Å²) in [4.78, 5) is 10.5. The minimum atomic E-state index is -0.452. The van der Waals surface area contributed by atoms with E-state index in [1.807, 2.05) is 46.9 Å². The zero-order valence-corrected chi connectivity index (χ0v) is 35.4. The van der Waals surface area contributed by atoms with E-state index in [1.165, 1.54) is 51.5 Å². The zero-order valence-electron chi connectivity index (χ0n) is 33.7. The Morgan fingerprint density at radius 3 is 1.70 bits per heavy atom. The molecule has 4 heterocycles. The van der Waals surface area contributed by atoms with Crippen molar-refractivity contribution in [3.63, 3.8) is 0 Å². The molecule has 1 N–H and O–H groups in total. The standard InChI is InChI=1S/C57H35N3OS2/c1-3-14-34(15-4-1)35-28-30-37(31-29-35)56-58-55(36-16-5-2-6-17-36)59-57(60-56)43-22-11-23-46-51(43)45-33-38(39-20-12-26-49-52(39)41-18-7-9-24-47(41)62-49)32-44(54(45)61-46)40-21-13-27-50-53(40)42-19-8-10-25-48(42)63-50/h1-33,57H,(H,58,59,60). The molecule has 6 heteroatoms. The SMILES string of the molecule is c1ccc(C2=NC(c3cccc4oc5c(-c6cccc7sc8ccccc8c67)cc(-c6cccc7sc8ccccc8c67)cc5c34)NC(c3ccc(-c4ccccc4)cc3)=N2)cc1. The van der Waals surface area contributed by atoms with E-state index in [0.717, 1.165) is 66.7 Å². The van der Waals surface area contributed by atoms with Gasteiger partial charge in [0, 0.05) is 73.4 Å². The average Bonchev–Trinajstić information content (AvgIpc) is 4.06. The van der Waals surface area contributed by atoms with Crippen molar-refractivity contribution < 1.29 is 4.42 Å². The lowest BCUT2D eigenvalue weighted by Crippen LogP contribution is -2.33. The zero-order chi connectivity index (χ0) is 41.4. The summed E-state index contributed by atoms with van der Waals surface area (Å²) < 4.78 is 12.2. The quantitative estimate of drug-likeness (QED) is 0.181. The molecule has 0 radical (unpaired) electrons. The first-order valence-corrected chi connectivity index (χ1v) is 22.8. The van der Waals surface area contributed by atoms with E-state index in [1.54, 1.807) is 0 Å². The summed E-state index contributed by atoms with van der Waals surface area (Å²) >= 11 is 3.69. The maximum atomic E-state index is 7.12. The molecule has 12 aromatic rings. The van der Waals surface area contributed by atoms with Crippen molar-refractivity contribution in [2.24, 2.45) is 9.98 Å². The molecule has 1 aliphatic heterocycles. The lowest BCUT2D eigenvalue weighted by molar-refractivity contribution is 0.663. The largest absolute Gasteiger partial charge is 0.455 e. The van der Waals surface area contributed by atoms with E-state index in [0.29, 0.717) is 5.84 Å². The third-order valence-electron chi connectivity index (χ3n) is 12.4. The molecule has 0 aliphatic carbocycles. The number of hydrogen-bond acceptors (Lipinski definition) is 6. The van der Waals surface area contributed by atoms with E-state index in [-0.39, 0.29) is 0 Å². The highest BCUT2D eigenvalue weighted by atomic mass is 32.1. The Hall–Kier alpha value is -7.64. The van der Waals surface area contributed by atoms with Crippen molar-refractivity contribution in [2.45, 2.75) is 6.17 Å². The van der Waals surface area contributed by atoms with Gasteiger partial charge in [-0.15, -0.1) is 22.7 Å². The van der Waals surface area contributed by atoms with E-state index < -0.39 is 6.17 Å². The molecule has 0 bridgehead atoms. The maximum absolute atomic E-state index is 7.12. The van der Waals surface area contributed by atoms with Gasteiger partial charge < -0.3 is 9.73 Å². The Morgan fingerprint density at radius 1 is 0.413 bits per heavy atom. The number of benzene rings is 9. The highest BCUT2D eigenvalue weighted by Gasteiger charge is 2.27. The lowest BCUT2D eigenvalue weighted by atomic mass is 9.91. The van der Waals surface area contributed by atoms with Crippen LogP contribution in [-0.4, -0.2) is 11.7 Å². The Labute approximate surface area is 370 Å². The molecular formula is C57H35N3OS2. The van der Waals surface area contributed by atoms with Gasteiger partial charge in [0.1, 0.15) is 23.2 Å². The van der Waals surface area contributed by atoms with Gasteiger partial charge in [-0.1, -0.05) is 158 Å². The van der Waals surface area contributed by atoms with Crippen LogP contribution in [-0.2, 0) is 0 Å². The van der Waals surface area contributed by atoms with Gasteiger partial charge in [-0.2, -0.15) is 0 Å². The van der Waals surface area contributed by atoms with Crippen LogP contribution in [0.5, 0.6) is 0 Å². The molecule has 1 unspecified atom stereocenters. The molecule has 9 aromatic carbocycles. The fourth-order valence-corrected chi connectivity index (χ4v) is 11.7. The van der Waals surface area contributed by atoms with Crippen LogP contribution in [0.4, 0.5) is 0 Å². The second-order valence-electron chi connectivity index (χ2n) is 16.0. The van der Waals surface area contributed by atoms with Crippen LogP contribution in [0.15, 0.2) is 215 Å². The Kier molecular flexibility index (Phi) is 8.29. The second kappa shape index (κ2) is 14.5. The van der Waals surface area contributed by atoms with Gasteiger partial charge in [0.05, 0.1) is 0 Å². The third kappa shape index (κ3) is 5.94. The molecule has 4 nitrogen and oxygen atoms in total. The number of amidine groups is 2. The molecule has 3 aromatic heterocycles. The van der Waals surface area contributed by atoms with Crippen LogP contribution < -0.4 is 5.32 Å².